The van der Waals surface area contributed by atoms with Crippen molar-refractivity contribution < 1.29 is 17.9 Å². The number of ether oxygens (including phenoxy) is 1. The summed E-state index contributed by atoms with van der Waals surface area (Å²) < 4.78 is 42.2. The lowest BCUT2D eigenvalue weighted by Gasteiger charge is -2.49. The molecule has 0 spiro atoms. The van der Waals surface area contributed by atoms with Crippen LogP contribution in [0.15, 0.2) is 53.0 Å². The number of benzene rings is 2. The molecule has 0 saturated carbocycles. The van der Waals surface area contributed by atoms with Gasteiger partial charge in [-0.1, -0.05) is 60.1 Å². The molecule has 2 aromatic carbocycles. The molecule has 1 heterocycles. The van der Waals surface area contributed by atoms with E-state index in [2.05, 4.69) is 50.8 Å². The third-order valence-electron chi connectivity index (χ3n) is 4.94. The Bertz CT molecular complexity index is 780. The Morgan fingerprint density at radius 1 is 1.14 bits per heavy atom. The van der Waals surface area contributed by atoms with Crippen molar-refractivity contribution in [1.29, 1.82) is 0 Å². The minimum absolute atomic E-state index is 0.172. The molecular formula is C21H24BrF3N2O. The first-order chi connectivity index (χ1) is 13.2. The van der Waals surface area contributed by atoms with Crippen molar-refractivity contribution in [3.05, 3.63) is 64.1 Å². The Balaban J connectivity index is 1.74. The third kappa shape index (κ3) is 5.49. The van der Waals surface area contributed by atoms with Crippen LogP contribution >= 0.6 is 15.9 Å². The molecule has 1 N–H and O–H groups in total. The lowest BCUT2D eigenvalue weighted by Crippen LogP contribution is -2.54. The van der Waals surface area contributed by atoms with Crippen LogP contribution in [0.4, 0.5) is 13.2 Å². The Kier molecular flexibility index (Phi) is 6.68. The first kappa shape index (κ1) is 21.1. The minimum atomic E-state index is -4.67. The zero-order valence-corrected chi connectivity index (χ0v) is 17.4. The van der Waals surface area contributed by atoms with Crippen LogP contribution in [-0.2, 0) is 6.54 Å². The molecule has 1 aliphatic rings. The maximum atomic E-state index is 12.4. The van der Waals surface area contributed by atoms with E-state index >= 15 is 0 Å². The van der Waals surface area contributed by atoms with Gasteiger partial charge in [0.2, 0.25) is 0 Å². The highest BCUT2D eigenvalue weighted by Gasteiger charge is 2.39. The highest BCUT2D eigenvalue weighted by atomic mass is 79.9. The molecule has 1 saturated heterocycles. The number of nitrogens with zero attached hydrogens (tertiary/aromatic N) is 1. The number of nitrogens with one attached hydrogen (secondary N) is 1. The van der Waals surface area contributed by atoms with Crippen LogP contribution in [0.3, 0.4) is 0 Å². The monoisotopic (exact) mass is 456 g/mol. The summed E-state index contributed by atoms with van der Waals surface area (Å²) in [6.45, 7) is 5.90. The van der Waals surface area contributed by atoms with Gasteiger partial charge in [0.25, 0.3) is 0 Å². The summed E-state index contributed by atoms with van der Waals surface area (Å²) in [5.74, 6) is -0.189. The van der Waals surface area contributed by atoms with Crippen molar-refractivity contribution in [2.45, 2.75) is 51.3 Å². The van der Waals surface area contributed by atoms with Crippen LogP contribution in [0.1, 0.15) is 37.4 Å². The van der Waals surface area contributed by atoms with Crippen LogP contribution in [-0.4, -0.2) is 29.9 Å². The van der Waals surface area contributed by atoms with Gasteiger partial charge in [0.15, 0.2) is 0 Å². The maximum Gasteiger partial charge on any atom is 0.573 e. The van der Waals surface area contributed by atoms with Crippen LogP contribution < -0.4 is 10.1 Å². The fourth-order valence-corrected chi connectivity index (χ4v) is 3.91. The molecule has 0 bridgehead atoms. The Morgan fingerprint density at radius 2 is 1.82 bits per heavy atom. The molecule has 152 valence electrons. The Labute approximate surface area is 172 Å². The summed E-state index contributed by atoms with van der Waals surface area (Å²) in [6, 6.07) is 15.3. The first-order valence-electron chi connectivity index (χ1n) is 9.31. The average molecular weight is 457 g/mol. The Morgan fingerprint density at radius 3 is 2.43 bits per heavy atom. The molecule has 7 heteroatoms. The van der Waals surface area contributed by atoms with Crippen LogP contribution in [0, 0.1) is 0 Å². The molecule has 28 heavy (non-hydrogen) atoms. The lowest BCUT2D eigenvalue weighted by atomic mass is 9.86. The zero-order chi connectivity index (χ0) is 20.3. The van der Waals surface area contributed by atoms with Gasteiger partial charge in [0.05, 0.1) is 0 Å². The molecule has 1 aliphatic heterocycles. The van der Waals surface area contributed by atoms with E-state index in [-0.39, 0.29) is 11.8 Å². The standard InChI is InChI=1S/C21H24BrF3N2O/c1-14(2)26-12-17-11-20(27(17)13-16-5-3-4-6-19(16)22)15-7-9-18(10-8-15)28-21(23,24)25/h3-10,14,17,20,26H,11-13H2,1-2H3/t17-,20+/m0/s1. The summed E-state index contributed by atoms with van der Waals surface area (Å²) in [5, 5.41) is 3.49. The highest BCUT2D eigenvalue weighted by molar-refractivity contribution is 9.10. The van der Waals surface area contributed by atoms with E-state index in [4.69, 9.17) is 0 Å². The van der Waals surface area contributed by atoms with E-state index < -0.39 is 6.36 Å². The molecule has 0 aliphatic carbocycles. The molecule has 3 nitrogen and oxygen atoms in total. The van der Waals surface area contributed by atoms with Crippen molar-refractivity contribution >= 4 is 15.9 Å². The third-order valence-corrected chi connectivity index (χ3v) is 5.71. The topological polar surface area (TPSA) is 24.5 Å². The zero-order valence-electron chi connectivity index (χ0n) is 15.8. The highest BCUT2D eigenvalue weighted by Crippen LogP contribution is 2.41. The van der Waals surface area contributed by atoms with Gasteiger partial charge in [-0.15, -0.1) is 13.2 Å². The number of halogens is 4. The number of alkyl halides is 3. The van der Waals surface area contributed by atoms with Gasteiger partial charge in [0, 0.05) is 35.7 Å². The second-order valence-electron chi connectivity index (χ2n) is 7.35. The van der Waals surface area contributed by atoms with E-state index in [0.717, 1.165) is 29.5 Å². The van der Waals surface area contributed by atoms with Crippen LogP contribution in [0.2, 0.25) is 0 Å². The predicted molar refractivity (Wildman–Crippen MR) is 107 cm³/mol. The first-order valence-corrected chi connectivity index (χ1v) is 10.1. The molecule has 0 radical (unpaired) electrons. The normalized spacial score (nSPS) is 20.2. The summed E-state index contributed by atoms with van der Waals surface area (Å²) in [4.78, 5) is 2.40. The Hall–Kier alpha value is -1.57. The summed E-state index contributed by atoms with van der Waals surface area (Å²) in [5.41, 5.74) is 2.20. The van der Waals surface area contributed by atoms with Gasteiger partial charge in [-0.3, -0.25) is 4.90 Å². The van der Waals surface area contributed by atoms with E-state index in [1.54, 1.807) is 12.1 Å². The van der Waals surface area contributed by atoms with Crippen molar-refractivity contribution in [2.75, 3.05) is 6.54 Å². The second kappa shape index (κ2) is 8.84. The smallest absolute Gasteiger partial charge is 0.406 e. The molecule has 2 atom stereocenters. The maximum absolute atomic E-state index is 12.4. The average Bonchev–Trinajstić information content (AvgIpc) is 2.60. The summed E-state index contributed by atoms with van der Waals surface area (Å²) >= 11 is 3.61. The van der Waals surface area contributed by atoms with Gasteiger partial charge in [-0.2, -0.15) is 0 Å². The predicted octanol–water partition coefficient (Wildman–Crippen LogP) is 5.66. The van der Waals surface area contributed by atoms with Gasteiger partial charge in [-0.25, -0.2) is 0 Å². The van der Waals surface area contributed by atoms with Crippen molar-refractivity contribution in [2.24, 2.45) is 0 Å². The van der Waals surface area contributed by atoms with Crippen LogP contribution in [0.5, 0.6) is 5.75 Å². The molecule has 0 unspecified atom stereocenters. The number of likely N-dealkylation sites (tertiary alicyclic amines) is 1. The van der Waals surface area contributed by atoms with Crippen LogP contribution in [0.25, 0.3) is 0 Å². The van der Waals surface area contributed by atoms with E-state index in [1.807, 2.05) is 18.2 Å². The molecule has 3 rings (SSSR count). The van der Waals surface area contributed by atoms with Gasteiger partial charge < -0.3 is 10.1 Å². The number of hydrogen-bond donors (Lipinski definition) is 1. The minimum Gasteiger partial charge on any atom is -0.406 e. The van der Waals surface area contributed by atoms with Gasteiger partial charge in [-0.05, 0) is 35.7 Å². The fourth-order valence-electron chi connectivity index (χ4n) is 3.50. The summed E-state index contributed by atoms with van der Waals surface area (Å²) in [7, 11) is 0. The van der Waals surface area contributed by atoms with E-state index in [9.17, 15) is 13.2 Å². The second-order valence-corrected chi connectivity index (χ2v) is 8.20. The SMILES string of the molecule is CC(C)NC[C@@H]1C[C@H](c2ccc(OC(F)(F)F)cc2)N1Cc1ccccc1Br. The molecule has 2 aromatic rings. The molecule has 0 aromatic heterocycles. The molecular weight excluding hydrogens is 433 g/mol. The lowest BCUT2D eigenvalue weighted by molar-refractivity contribution is -0.274. The summed E-state index contributed by atoms with van der Waals surface area (Å²) in [6.07, 6.45) is -3.71. The van der Waals surface area contributed by atoms with Gasteiger partial charge >= 0.3 is 6.36 Å². The van der Waals surface area contributed by atoms with Crippen molar-refractivity contribution in [1.82, 2.24) is 10.2 Å². The van der Waals surface area contributed by atoms with Gasteiger partial charge in [0.1, 0.15) is 5.75 Å². The largest absolute Gasteiger partial charge is 0.573 e. The number of hydrogen-bond acceptors (Lipinski definition) is 3. The van der Waals surface area contributed by atoms with Crippen molar-refractivity contribution in [3.63, 3.8) is 0 Å². The number of rotatable bonds is 7. The van der Waals surface area contributed by atoms with E-state index in [1.165, 1.54) is 17.7 Å². The van der Waals surface area contributed by atoms with E-state index in [0.29, 0.717) is 12.1 Å². The molecule has 0 amide bonds. The van der Waals surface area contributed by atoms with Crippen molar-refractivity contribution in [3.8, 4) is 5.75 Å². The fraction of sp³-hybridized carbons (Fsp3) is 0.429. The molecule has 1 fully saturated rings. The quantitative estimate of drug-likeness (QED) is 0.581.